The van der Waals surface area contributed by atoms with E-state index in [0.29, 0.717) is 5.56 Å². The normalized spacial score (nSPS) is 11.0. The van der Waals surface area contributed by atoms with Crippen LogP contribution in [0.4, 0.5) is 4.39 Å². The molecule has 3 aromatic carbocycles. The molecule has 3 aromatic rings. The molecule has 0 heterocycles. The van der Waals surface area contributed by atoms with Crippen molar-refractivity contribution in [3.63, 3.8) is 0 Å². The molecular formula is C22H17FO7S. The van der Waals surface area contributed by atoms with Gasteiger partial charge >= 0.3 is 11.9 Å². The number of ether oxygens (including phenoxy) is 2. The van der Waals surface area contributed by atoms with Crippen LogP contribution in [-0.4, -0.2) is 20.4 Å². The molecule has 31 heavy (non-hydrogen) atoms. The van der Waals surface area contributed by atoms with Gasteiger partial charge in [0.25, 0.3) is 10.1 Å². The second-order valence-electron chi connectivity index (χ2n) is 6.30. The van der Waals surface area contributed by atoms with Gasteiger partial charge in [0.1, 0.15) is 22.9 Å². The number of carbonyl (C=O) groups excluding carboxylic acids is 2. The standard InChI is InChI=1S/C22H17FO7S/c1-15(24)29-21-8-3-2-7-20(21)22(25)30-18-6-4-5-16(13-18)14-28-31(26,27)19-11-9-17(23)10-12-19/h2-13H,14H2,1H3. The van der Waals surface area contributed by atoms with Gasteiger partial charge in [-0.2, -0.15) is 8.42 Å². The van der Waals surface area contributed by atoms with E-state index < -0.39 is 27.9 Å². The maximum Gasteiger partial charge on any atom is 0.347 e. The highest BCUT2D eigenvalue weighted by Crippen LogP contribution is 2.22. The molecule has 0 fully saturated rings. The highest BCUT2D eigenvalue weighted by atomic mass is 32.2. The lowest BCUT2D eigenvalue weighted by atomic mass is 10.2. The monoisotopic (exact) mass is 444 g/mol. The zero-order chi connectivity index (χ0) is 22.4. The van der Waals surface area contributed by atoms with Crippen LogP contribution in [0.2, 0.25) is 0 Å². The molecule has 0 saturated carbocycles. The Balaban J connectivity index is 1.70. The first-order valence-corrected chi connectivity index (χ1v) is 10.4. The minimum atomic E-state index is -4.09. The van der Waals surface area contributed by atoms with Crippen molar-refractivity contribution in [1.29, 1.82) is 0 Å². The van der Waals surface area contributed by atoms with Crippen molar-refractivity contribution >= 4 is 22.1 Å². The molecule has 0 spiro atoms. The first kappa shape index (κ1) is 22.1. The van der Waals surface area contributed by atoms with E-state index in [1.54, 1.807) is 24.3 Å². The summed E-state index contributed by atoms with van der Waals surface area (Å²) >= 11 is 0. The number of benzene rings is 3. The Bertz CT molecular complexity index is 1200. The number of halogens is 1. The van der Waals surface area contributed by atoms with Crippen LogP contribution >= 0.6 is 0 Å². The van der Waals surface area contributed by atoms with Crippen LogP contribution in [0.25, 0.3) is 0 Å². The lowest BCUT2D eigenvalue weighted by Gasteiger charge is -2.10. The van der Waals surface area contributed by atoms with Gasteiger partial charge in [-0.05, 0) is 54.1 Å². The predicted molar refractivity (Wildman–Crippen MR) is 108 cm³/mol. The second-order valence-corrected chi connectivity index (χ2v) is 7.91. The Kier molecular flexibility index (Phi) is 6.78. The number of hydrogen-bond donors (Lipinski definition) is 0. The summed E-state index contributed by atoms with van der Waals surface area (Å²) in [5, 5.41) is 0. The molecule has 160 valence electrons. The zero-order valence-corrected chi connectivity index (χ0v) is 17.1. The molecule has 0 atom stereocenters. The maximum absolute atomic E-state index is 13.0. The molecule has 0 aliphatic carbocycles. The van der Waals surface area contributed by atoms with E-state index in [-0.39, 0.29) is 28.6 Å². The molecule has 0 bridgehead atoms. The third kappa shape index (κ3) is 5.97. The van der Waals surface area contributed by atoms with E-state index in [0.717, 1.165) is 24.3 Å². The van der Waals surface area contributed by atoms with Crippen molar-refractivity contribution in [2.45, 2.75) is 18.4 Å². The molecule has 0 amide bonds. The van der Waals surface area contributed by atoms with Crippen LogP contribution in [0, 0.1) is 5.82 Å². The summed E-state index contributed by atoms with van der Waals surface area (Å²) < 4.78 is 52.7. The molecular weight excluding hydrogens is 427 g/mol. The van der Waals surface area contributed by atoms with Crippen LogP contribution in [0.1, 0.15) is 22.8 Å². The van der Waals surface area contributed by atoms with Gasteiger partial charge in [0.2, 0.25) is 0 Å². The van der Waals surface area contributed by atoms with E-state index in [1.807, 2.05) is 0 Å². The zero-order valence-electron chi connectivity index (χ0n) is 16.3. The van der Waals surface area contributed by atoms with E-state index >= 15 is 0 Å². The van der Waals surface area contributed by atoms with Crippen molar-refractivity contribution in [2.24, 2.45) is 0 Å². The predicted octanol–water partition coefficient (Wildman–Crippen LogP) is 3.88. The summed E-state index contributed by atoms with van der Waals surface area (Å²) in [5.41, 5.74) is 0.475. The minimum Gasteiger partial charge on any atom is -0.426 e. The van der Waals surface area contributed by atoms with Crippen LogP contribution in [-0.2, 0) is 25.7 Å². The molecule has 0 aliphatic rings. The lowest BCUT2D eigenvalue weighted by molar-refractivity contribution is -0.131. The average molecular weight is 444 g/mol. The molecule has 7 nitrogen and oxygen atoms in total. The van der Waals surface area contributed by atoms with Gasteiger partial charge in [-0.3, -0.25) is 8.98 Å². The first-order valence-electron chi connectivity index (χ1n) is 8.98. The first-order chi connectivity index (χ1) is 14.7. The van der Waals surface area contributed by atoms with E-state index in [9.17, 15) is 22.4 Å². The van der Waals surface area contributed by atoms with Gasteiger partial charge in [0.05, 0.1) is 11.5 Å². The molecule has 9 heteroatoms. The number of rotatable bonds is 7. The molecule has 0 aromatic heterocycles. The fourth-order valence-corrected chi connectivity index (χ4v) is 3.45. The quantitative estimate of drug-likeness (QED) is 0.310. The summed E-state index contributed by atoms with van der Waals surface area (Å²) in [6, 6.07) is 16.4. The molecule has 0 aliphatic heterocycles. The number of hydrogen-bond acceptors (Lipinski definition) is 7. The van der Waals surface area contributed by atoms with Crippen molar-refractivity contribution in [3.8, 4) is 11.5 Å². The van der Waals surface area contributed by atoms with Crippen LogP contribution in [0.15, 0.2) is 77.7 Å². The Morgan fingerprint density at radius 2 is 1.61 bits per heavy atom. The van der Waals surface area contributed by atoms with Gasteiger partial charge in [-0.1, -0.05) is 24.3 Å². The number of esters is 2. The number of para-hydroxylation sites is 1. The SMILES string of the molecule is CC(=O)Oc1ccccc1C(=O)Oc1cccc(COS(=O)(=O)c2ccc(F)cc2)c1. The minimum absolute atomic E-state index is 0.0539. The fourth-order valence-electron chi connectivity index (χ4n) is 2.55. The largest absolute Gasteiger partial charge is 0.426 e. The summed E-state index contributed by atoms with van der Waals surface area (Å²) in [4.78, 5) is 23.5. The van der Waals surface area contributed by atoms with E-state index in [1.165, 1.54) is 31.2 Å². The van der Waals surface area contributed by atoms with Crippen molar-refractivity contribution in [1.82, 2.24) is 0 Å². The fraction of sp³-hybridized carbons (Fsp3) is 0.0909. The van der Waals surface area contributed by atoms with Crippen LogP contribution in [0.3, 0.4) is 0 Å². The molecule has 0 N–H and O–H groups in total. The van der Waals surface area contributed by atoms with Gasteiger partial charge in [-0.25, -0.2) is 9.18 Å². The van der Waals surface area contributed by atoms with Crippen molar-refractivity contribution < 1.29 is 36.1 Å². The summed E-state index contributed by atoms with van der Waals surface area (Å²) in [7, 11) is -4.09. The summed E-state index contributed by atoms with van der Waals surface area (Å²) in [5.74, 6) is -1.70. The Hall–Kier alpha value is -3.56. The van der Waals surface area contributed by atoms with Gasteiger partial charge in [0, 0.05) is 6.92 Å². The Morgan fingerprint density at radius 3 is 2.32 bits per heavy atom. The highest BCUT2D eigenvalue weighted by Gasteiger charge is 2.18. The van der Waals surface area contributed by atoms with Gasteiger partial charge < -0.3 is 9.47 Å². The molecule has 3 rings (SSSR count). The molecule has 0 radical (unpaired) electrons. The molecule has 0 saturated heterocycles. The summed E-state index contributed by atoms with van der Waals surface area (Å²) in [6.07, 6.45) is 0. The van der Waals surface area contributed by atoms with E-state index in [4.69, 9.17) is 13.7 Å². The second kappa shape index (κ2) is 9.50. The van der Waals surface area contributed by atoms with Crippen LogP contribution in [0.5, 0.6) is 11.5 Å². The van der Waals surface area contributed by atoms with Crippen molar-refractivity contribution in [2.75, 3.05) is 0 Å². The van der Waals surface area contributed by atoms with Crippen molar-refractivity contribution in [3.05, 3.63) is 89.7 Å². The topological polar surface area (TPSA) is 96.0 Å². The molecule has 0 unspecified atom stereocenters. The van der Waals surface area contributed by atoms with Gasteiger partial charge in [0.15, 0.2) is 0 Å². The summed E-state index contributed by atoms with van der Waals surface area (Å²) in [6.45, 7) is 0.890. The smallest absolute Gasteiger partial charge is 0.347 e. The Morgan fingerprint density at radius 1 is 0.903 bits per heavy atom. The third-order valence-corrected chi connectivity index (χ3v) is 5.23. The van der Waals surface area contributed by atoms with E-state index in [2.05, 4.69) is 0 Å². The third-order valence-electron chi connectivity index (χ3n) is 3.95. The maximum atomic E-state index is 13.0. The van der Waals surface area contributed by atoms with Gasteiger partial charge in [-0.15, -0.1) is 0 Å². The average Bonchev–Trinajstić information content (AvgIpc) is 2.73. The lowest BCUT2D eigenvalue weighted by Crippen LogP contribution is -2.12. The highest BCUT2D eigenvalue weighted by molar-refractivity contribution is 7.86. The number of carbonyl (C=O) groups is 2. The Labute approximate surface area is 178 Å². The van der Waals surface area contributed by atoms with Crippen LogP contribution < -0.4 is 9.47 Å².